The number of amides is 2. The van der Waals surface area contributed by atoms with E-state index in [4.69, 9.17) is 0 Å². The lowest BCUT2D eigenvalue weighted by molar-refractivity contribution is -0.118. The fraction of sp³-hybridized carbons (Fsp3) is 0.263. The molecule has 0 bridgehead atoms. The number of carbonyl (C=O) groups excluding carboxylic acids is 2. The lowest BCUT2D eigenvalue weighted by Crippen LogP contribution is -2.26. The first-order chi connectivity index (χ1) is 11.4. The zero-order valence-electron chi connectivity index (χ0n) is 14.0. The van der Waals surface area contributed by atoms with E-state index >= 15 is 0 Å². The van der Waals surface area contributed by atoms with Gasteiger partial charge in [0.15, 0.2) is 0 Å². The molecule has 0 aliphatic carbocycles. The van der Waals surface area contributed by atoms with E-state index in [1.54, 1.807) is 44.2 Å². The predicted molar refractivity (Wildman–Crippen MR) is 92.2 cm³/mol. The third-order valence-electron chi connectivity index (χ3n) is 3.60. The molecule has 2 aromatic carbocycles. The molecule has 5 heteroatoms. The van der Waals surface area contributed by atoms with Crippen LogP contribution in [0.5, 0.6) is 0 Å². The number of carbonyl (C=O) groups is 2. The van der Waals surface area contributed by atoms with Gasteiger partial charge in [0.1, 0.15) is 5.82 Å². The largest absolute Gasteiger partial charge is 0.348 e. The van der Waals surface area contributed by atoms with Crippen molar-refractivity contribution < 1.29 is 14.0 Å². The van der Waals surface area contributed by atoms with Gasteiger partial charge in [-0.25, -0.2) is 4.39 Å². The summed E-state index contributed by atoms with van der Waals surface area (Å²) in [5.41, 5.74) is 2.12. The average molecular weight is 328 g/mol. The van der Waals surface area contributed by atoms with Crippen LogP contribution in [0.15, 0.2) is 42.5 Å². The topological polar surface area (TPSA) is 58.2 Å². The van der Waals surface area contributed by atoms with Crippen molar-refractivity contribution in [2.45, 2.75) is 27.3 Å². The second-order valence-electron chi connectivity index (χ2n) is 5.97. The molecule has 0 aliphatic rings. The molecule has 0 unspecified atom stereocenters. The molecule has 0 aliphatic heterocycles. The number of hydrogen-bond acceptors (Lipinski definition) is 2. The normalized spacial score (nSPS) is 10.5. The van der Waals surface area contributed by atoms with Crippen LogP contribution in [0.4, 0.5) is 10.1 Å². The molecule has 4 nitrogen and oxygen atoms in total. The van der Waals surface area contributed by atoms with Gasteiger partial charge in [-0.2, -0.15) is 0 Å². The Bertz CT molecular complexity index is 757. The van der Waals surface area contributed by atoms with Gasteiger partial charge < -0.3 is 10.6 Å². The molecular formula is C19H21FN2O2. The SMILES string of the molecule is Cc1ccc(NC(=O)C(C)C)c(C(=O)NCc2ccccc2F)c1. The molecule has 2 aromatic rings. The first-order valence-electron chi connectivity index (χ1n) is 7.81. The summed E-state index contributed by atoms with van der Waals surface area (Å²) in [6, 6.07) is 11.5. The summed E-state index contributed by atoms with van der Waals surface area (Å²) in [6.07, 6.45) is 0. The lowest BCUT2D eigenvalue weighted by Gasteiger charge is -2.14. The van der Waals surface area contributed by atoms with Gasteiger partial charge in [0.25, 0.3) is 5.91 Å². The van der Waals surface area contributed by atoms with Gasteiger partial charge in [-0.15, -0.1) is 0 Å². The molecule has 2 N–H and O–H groups in total. The number of hydrogen-bond donors (Lipinski definition) is 2. The minimum atomic E-state index is -0.365. The monoisotopic (exact) mass is 328 g/mol. The zero-order chi connectivity index (χ0) is 17.7. The molecule has 0 saturated heterocycles. The van der Waals surface area contributed by atoms with Crippen LogP contribution in [0.25, 0.3) is 0 Å². The van der Waals surface area contributed by atoms with Gasteiger partial charge in [-0.1, -0.05) is 43.7 Å². The average Bonchev–Trinajstić information content (AvgIpc) is 2.55. The molecule has 24 heavy (non-hydrogen) atoms. The zero-order valence-corrected chi connectivity index (χ0v) is 14.0. The third-order valence-corrected chi connectivity index (χ3v) is 3.60. The highest BCUT2D eigenvalue weighted by Gasteiger charge is 2.15. The Morgan fingerprint density at radius 2 is 1.83 bits per heavy atom. The van der Waals surface area contributed by atoms with Crippen molar-refractivity contribution in [2.24, 2.45) is 5.92 Å². The second kappa shape index (κ2) is 7.73. The van der Waals surface area contributed by atoms with Crippen molar-refractivity contribution in [3.63, 3.8) is 0 Å². The Morgan fingerprint density at radius 1 is 1.12 bits per heavy atom. The molecule has 0 aromatic heterocycles. The molecule has 126 valence electrons. The Hall–Kier alpha value is -2.69. The third kappa shape index (κ3) is 4.41. The summed E-state index contributed by atoms with van der Waals surface area (Å²) in [7, 11) is 0. The number of nitrogens with one attached hydrogen (secondary N) is 2. The van der Waals surface area contributed by atoms with E-state index < -0.39 is 0 Å². The van der Waals surface area contributed by atoms with Crippen LogP contribution in [-0.4, -0.2) is 11.8 Å². The fourth-order valence-corrected chi connectivity index (χ4v) is 2.14. The van der Waals surface area contributed by atoms with E-state index in [-0.39, 0.29) is 30.1 Å². The Labute approximate surface area is 141 Å². The highest BCUT2D eigenvalue weighted by molar-refractivity contribution is 6.04. The van der Waals surface area contributed by atoms with Crippen molar-refractivity contribution in [3.8, 4) is 0 Å². The molecular weight excluding hydrogens is 307 g/mol. The minimum absolute atomic E-state index is 0.0804. The molecule has 0 atom stereocenters. The van der Waals surface area contributed by atoms with Gasteiger partial charge in [0.05, 0.1) is 11.3 Å². The van der Waals surface area contributed by atoms with E-state index in [0.717, 1.165) is 5.56 Å². The van der Waals surface area contributed by atoms with Gasteiger partial charge in [0, 0.05) is 18.0 Å². The molecule has 0 saturated carbocycles. The van der Waals surface area contributed by atoms with Gasteiger partial charge >= 0.3 is 0 Å². The van der Waals surface area contributed by atoms with Crippen molar-refractivity contribution in [1.82, 2.24) is 5.32 Å². The van der Waals surface area contributed by atoms with E-state index in [1.165, 1.54) is 6.07 Å². The Kier molecular flexibility index (Phi) is 5.68. The number of halogens is 1. The lowest BCUT2D eigenvalue weighted by atomic mass is 10.1. The van der Waals surface area contributed by atoms with Crippen LogP contribution in [0, 0.1) is 18.7 Å². The van der Waals surface area contributed by atoms with Crippen LogP contribution >= 0.6 is 0 Å². The molecule has 2 rings (SSSR count). The van der Waals surface area contributed by atoms with Gasteiger partial charge in [0.2, 0.25) is 5.91 Å². The van der Waals surface area contributed by atoms with E-state index in [0.29, 0.717) is 16.8 Å². The summed E-state index contributed by atoms with van der Waals surface area (Å²) in [5, 5.41) is 5.45. The summed E-state index contributed by atoms with van der Waals surface area (Å²) in [4.78, 5) is 24.4. The number of benzene rings is 2. The molecule has 2 amide bonds. The van der Waals surface area contributed by atoms with Crippen molar-refractivity contribution in [1.29, 1.82) is 0 Å². The van der Waals surface area contributed by atoms with Crippen LogP contribution in [0.2, 0.25) is 0 Å². The summed E-state index contributed by atoms with van der Waals surface area (Å²) >= 11 is 0. The first-order valence-corrected chi connectivity index (χ1v) is 7.81. The summed E-state index contributed by atoms with van der Waals surface area (Å²) in [6.45, 7) is 5.50. The number of rotatable bonds is 5. The van der Waals surface area contributed by atoms with Crippen LogP contribution < -0.4 is 10.6 Å². The Morgan fingerprint density at radius 3 is 2.50 bits per heavy atom. The minimum Gasteiger partial charge on any atom is -0.348 e. The quantitative estimate of drug-likeness (QED) is 0.880. The van der Waals surface area contributed by atoms with Crippen LogP contribution in [0.3, 0.4) is 0 Å². The summed E-state index contributed by atoms with van der Waals surface area (Å²) < 4.78 is 13.6. The maximum atomic E-state index is 13.6. The molecule has 0 radical (unpaired) electrons. The van der Waals surface area contributed by atoms with Crippen LogP contribution in [0.1, 0.15) is 35.3 Å². The number of aryl methyl sites for hydroxylation is 1. The standard InChI is InChI=1S/C19H21FN2O2/c1-12(2)18(23)22-17-9-8-13(3)10-15(17)19(24)21-11-14-6-4-5-7-16(14)20/h4-10,12H,11H2,1-3H3,(H,21,24)(H,22,23). The van der Waals surface area contributed by atoms with Gasteiger partial charge in [-0.05, 0) is 25.1 Å². The second-order valence-corrected chi connectivity index (χ2v) is 5.97. The smallest absolute Gasteiger partial charge is 0.253 e. The van der Waals surface area contributed by atoms with Gasteiger partial charge in [-0.3, -0.25) is 9.59 Å². The maximum absolute atomic E-state index is 13.6. The van der Waals surface area contributed by atoms with E-state index in [9.17, 15) is 14.0 Å². The number of anilines is 1. The van der Waals surface area contributed by atoms with Crippen molar-refractivity contribution in [3.05, 3.63) is 65.0 Å². The van der Waals surface area contributed by atoms with E-state index in [1.807, 2.05) is 13.0 Å². The molecule has 0 spiro atoms. The van der Waals surface area contributed by atoms with Crippen molar-refractivity contribution >= 4 is 17.5 Å². The van der Waals surface area contributed by atoms with Crippen molar-refractivity contribution in [2.75, 3.05) is 5.32 Å². The highest BCUT2D eigenvalue weighted by Crippen LogP contribution is 2.19. The molecule has 0 fully saturated rings. The fourth-order valence-electron chi connectivity index (χ4n) is 2.14. The highest BCUT2D eigenvalue weighted by atomic mass is 19.1. The first kappa shape index (κ1) is 17.7. The maximum Gasteiger partial charge on any atom is 0.253 e. The van der Waals surface area contributed by atoms with E-state index in [2.05, 4.69) is 10.6 Å². The van der Waals surface area contributed by atoms with Crippen LogP contribution in [-0.2, 0) is 11.3 Å². The molecule has 0 heterocycles. The summed E-state index contributed by atoms with van der Waals surface area (Å²) in [5.74, 6) is -1.08. The Balaban J connectivity index is 2.17. The predicted octanol–water partition coefficient (Wildman–Crippen LogP) is 3.66.